The third-order valence-corrected chi connectivity index (χ3v) is 12.1. The van der Waals surface area contributed by atoms with Crippen LogP contribution in [0.3, 0.4) is 0 Å². The fourth-order valence-electron chi connectivity index (χ4n) is 7.32. The Morgan fingerprint density at radius 3 is 1.76 bits per heavy atom. The molecule has 4 N–H and O–H groups in total. The molecule has 298 valence electrons. The van der Waals surface area contributed by atoms with E-state index in [1.165, 1.54) is 24.3 Å². The molecule has 12 nitrogen and oxygen atoms in total. The van der Waals surface area contributed by atoms with Gasteiger partial charge in [0.05, 0.1) is 5.56 Å². The van der Waals surface area contributed by atoms with Gasteiger partial charge in [-0.3, -0.25) is 9.59 Å². The SMILES string of the molecule is O=C(CCCCC(=O)NC(Cc1ccccc1)P(=O)(Oc1ccccc1)Oc1ccccc1)Nc1ccc2c(c1)C(=O)OC21c2ccc(O)cc2Oc2cc(O)ccc21. The molecule has 2 heterocycles. The molecule has 2 aliphatic rings. The smallest absolute Gasteiger partial charge is 0.453 e. The van der Waals surface area contributed by atoms with E-state index in [1.54, 1.807) is 78.9 Å². The fourth-order valence-corrected chi connectivity index (χ4v) is 9.18. The summed E-state index contributed by atoms with van der Waals surface area (Å²) in [6.45, 7) is 0. The standard InChI is InChI=1S/C46H39N2O10P/c49-32-21-24-38-40(28-32)55-41-29-33(50)22-25-39(41)46(38)37-23-20-31(27-36(37)45(53)56-46)47-42(51)18-10-11-19-43(52)48-44(26-30-12-4-1-5-13-30)59(54,57-34-14-6-2-7-15-34)58-35-16-8-3-9-17-35/h1-9,12-17,20-25,27-29,44,49-50H,10-11,18-19,26H2,(H,47,51)(H,48,52). The number of amides is 2. The molecule has 13 heteroatoms. The summed E-state index contributed by atoms with van der Waals surface area (Å²) in [6.07, 6.45) is 1.02. The Bertz CT molecular complexity index is 2470. The highest BCUT2D eigenvalue weighted by Crippen LogP contribution is 2.57. The lowest BCUT2D eigenvalue weighted by Gasteiger charge is -2.36. The van der Waals surface area contributed by atoms with Gasteiger partial charge in [0.15, 0.2) is 11.4 Å². The second kappa shape index (κ2) is 16.4. The summed E-state index contributed by atoms with van der Waals surface area (Å²) in [5, 5.41) is 26.1. The Kier molecular flexibility index (Phi) is 10.8. The number of fused-ring (bicyclic) bond motifs is 6. The van der Waals surface area contributed by atoms with E-state index in [9.17, 15) is 29.2 Å². The average molecular weight is 811 g/mol. The molecule has 0 fully saturated rings. The number of anilines is 1. The number of carbonyl (C=O) groups excluding carboxylic acids is 3. The molecule has 8 rings (SSSR count). The number of unbranched alkanes of at least 4 members (excludes halogenated alkanes) is 1. The molecule has 0 saturated carbocycles. The van der Waals surface area contributed by atoms with E-state index in [2.05, 4.69) is 10.6 Å². The largest absolute Gasteiger partial charge is 0.508 e. The number of rotatable bonds is 14. The van der Waals surface area contributed by atoms with Crippen LogP contribution in [0.2, 0.25) is 0 Å². The van der Waals surface area contributed by atoms with Crippen molar-refractivity contribution in [3.63, 3.8) is 0 Å². The maximum atomic E-state index is 14.7. The number of phenolic OH excluding ortho intramolecular Hbond substituents is 2. The minimum absolute atomic E-state index is 0.0459. The van der Waals surface area contributed by atoms with Gasteiger partial charge < -0.3 is 39.4 Å². The molecule has 59 heavy (non-hydrogen) atoms. The van der Waals surface area contributed by atoms with Crippen LogP contribution >= 0.6 is 7.60 Å². The number of hydrogen-bond acceptors (Lipinski definition) is 10. The molecule has 1 atom stereocenters. The van der Waals surface area contributed by atoms with Gasteiger partial charge in [-0.15, -0.1) is 0 Å². The number of para-hydroxylation sites is 2. The van der Waals surface area contributed by atoms with Crippen molar-refractivity contribution in [2.24, 2.45) is 0 Å². The van der Waals surface area contributed by atoms with E-state index in [0.717, 1.165) is 5.56 Å². The van der Waals surface area contributed by atoms with Gasteiger partial charge in [-0.25, -0.2) is 9.36 Å². The zero-order chi connectivity index (χ0) is 41.0. The van der Waals surface area contributed by atoms with Crippen molar-refractivity contribution < 1.29 is 47.7 Å². The van der Waals surface area contributed by atoms with Crippen LogP contribution in [0.5, 0.6) is 34.5 Å². The summed E-state index contributed by atoms with van der Waals surface area (Å²) in [5.74, 6) is -1.30. The zero-order valence-electron chi connectivity index (χ0n) is 31.6. The molecule has 2 aliphatic heterocycles. The lowest BCUT2D eigenvalue weighted by atomic mass is 9.77. The Morgan fingerprint density at radius 2 is 1.19 bits per heavy atom. The first kappa shape index (κ1) is 38.8. The molecule has 1 unspecified atom stereocenters. The van der Waals surface area contributed by atoms with Gasteiger partial charge in [0.1, 0.15) is 34.5 Å². The monoisotopic (exact) mass is 810 g/mol. The molecule has 0 aliphatic carbocycles. The lowest BCUT2D eigenvalue weighted by Crippen LogP contribution is -2.38. The Labute approximate surface area is 339 Å². The highest BCUT2D eigenvalue weighted by molar-refractivity contribution is 7.55. The normalized spacial score (nSPS) is 13.8. The van der Waals surface area contributed by atoms with Crippen LogP contribution in [-0.4, -0.2) is 33.8 Å². The number of hydrogen-bond donors (Lipinski definition) is 4. The number of phenols is 2. The van der Waals surface area contributed by atoms with Crippen molar-refractivity contribution in [1.29, 1.82) is 0 Å². The average Bonchev–Trinajstić information content (AvgIpc) is 3.51. The van der Waals surface area contributed by atoms with E-state index in [0.29, 0.717) is 46.7 Å². The second-order valence-corrected chi connectivity index (χ2v) is 16.2. The van der Waals surface area contributed by atoms with E-state index >= 15 is 0 Å². The van der Waals surface area contributed by atoms with E-state index in [4.69, 9.17) is 18.5 Å². The Morgan fingerprint density at radius 1 is 0.661 bits per heavy atom. The number of nitrogens with one attached hydrogen (secondary N) is 2. The highest BCUT2D eigenvalue weighted by atomic mass is 31.2. The number of ether oxygens (including phenoxy) is 2. The molecule has 6 aromatic carbocycles. The minimum Gasteiger partial charge on any atom is -0.508 e. The van der Waals surface area contributed by atoms with Crippen molar-refractivity contribution in [2.45, 2.75) is 43.5 Å². The molecule has 6 aromatic rings. The number of carbonyl (C=O) groups is 3. The van der Waals surface area contributed by atoms with Crippen LogP contribution < -0.4 is 24.4 Å². The number of benzene rings is 6. The van der Waals surface area contributed by atoms with E-state index < -0.39 is 24.9 Å². The number of esters is 1. The van der Waals surface area contributed by atoms with Gasteiger partial charge in [0, 0.05) is 53.8 Å². The van der Waals surface area contributed by atoms with Crippen LogP contribution in [0.25, 0.3) is 0 Å². The van der Waals surface area contributed by atoms with Crippen LogP contribution in [0, 0.1) is 0 Å². The predicted octanol–water partition coefficient (Wildman–Crippen LogP) is 9.20. The maximum absolute atomic E-state index is 14.7. The fraction of sp³-hybridized carbons (Fsp3) is 0.152. The van der Waals surface area contributed by atoms with Crippen molar-refractivity contribution in [3.8, 4) is 34.5 Å². The van der Waals surface area contributed by atoms with Crippen molar-refractivity contribution in [1.82, 2.24) is 5.32 Å². The topological polar surface area (TPSA) is 170 Å². The lowest BCUT2D eigenvalue weighted by molar-refractivity contribution is -0.122. The predicted molar refractivity (Wildman–Crippen MR) is 219 cm³/mol. The molecule has 0 saturated heterocycles. The molecular formula is C46H39N2O10P. The summed E-state index contributed by atoms with van der Waals surface area (Å²) in [7, 11) is -4.10. The van der Waals surface area contributed by atoms with Gasteiger partial charge >= 0.3 is 13.6 Å². The molecule has 0 aromatic heterocycles. The minimum atomic E-state index is -4.10. The third-order valence-electron chi connectivity index (χ3n) is 10.0. The summed E-state index contributed by atoms with van der Waals surface area (Å²) in [5.41, 5.74) is 1.49. The van der Waals surface area contributed by atoms with Crippen molar-refractivity contribution in [3.05, 3.63) is 173 Å². The van der Waals surface area contributed by atoms with Gasteiger partial charge in [-0.1, -0.05) is 72.8 Å². The molecule has 0 radical (unpaired) electrons. The maximum Gasteiger partial charge on any atom is 0.453 e. The van der Waals surface area contributed by atoms with Crippen LogP contribution in [-0.2, 0) is 30.9 Å². The van der Waals surface area contributed by atoms with Crippen molar-refractivity contribution >= 4 is 31.1 Å². The van der Waals surface area contributed by atoms with Gasteiger partial charge in [-0.05, 0) is 79.1 Å². The molecule has 2 amide bonds. The summed E-state index contributed by atoms with van der Waals surface area (Å²) in [6, 6.07) is 40.6. The van der Waals surface area contributed by atoms with Crippen LogP contribution in [0.4, 0.5) is 5.69 Å². The molecular weight excluding hydrogens is 771 g/mol. The Balaban J connectivity index is 0.929. The van der Waals surface area contributed by atoms with E-state index in [1.807, 2.05) is 42.5 Å². The first-order valence-electron chi connectivity index (χ1n) is 19.0. The summed E-state index contributed by atoms with van der Waals surface area (Å²) < 4.78 is 39.0. The molecule has 1 spiro atoms. The summed E-state index contributed by atoms with van der Waals surface area (Å²) in [4.78, 5) is 40.1. The first-order chi connectivity index (χ1) is 28.6. The van der Waals surface area contributed by atoms with Gasteiger partial charge in [-0.2, -0.15) is 0 Å². The Hall–Kier alpha value is -7.04. The van der Waals surface area contributed by atoms with Crippen molar-refractivity contribution in [2.75, 3.05) is 5.32 Å². The van der Waals surface area contributed by atoms with Crippen LogP contribution in [0.15, 0.2) is 146 Å². The first-order valence-corrected chi connectivity index (χ1v) is 20.7. The van der Waals surface area contributed by atoms with Gasteiger partial charge in [0.2, 0.25) is 11.8 Å². The third kappa shape index (κ3) is 8.21. The second-order valence-electron chi connectivity index (χ2n) is 14.2. The number of aromatic hydroxyl groups is 2. The highest BCUT2D eigenvalue weighted by Gasteiger charge is 2.53. The molecule has 0 bridgehead atoms. The zero-order valence-corrected chi connectivity index (χ0v) is 32.5. The summed E-state index contributed by atoms with van der Waals surface area (Å²) >= 11 is 0. The van der Waals surface area contributed by atoms with Crippen LogP contribution in [0.1, 0.15) is 58.3 Å². The van der Waals surface area contributed by atoms with E-state index in [-0.39, 0.29) is 59.6 Å². The van der Waals surface area contributed by atoms with Gasteiger partial charge in [0.25, 0.3) is 0 Å². The quantitative estimate of drug-likeness (QED) is 0.0473.